The van der Waals surface area contributed by atoms with Crippen molar-refractivity contribution >= 4 is 40.4 Å². The lowest BCUT2D eigenvalue weighted by Gasteiger charge is -2.10. The molecule has 0 aliphatic rings. The molecule has 0 bridgehead atoms. The fraction of sp³-hybridized carbons (Fsp3) is 0.174. The first-order valence-corrected chi connectivity index (χ1v) is 11.7. The molecule has 0 aliphatic heterocycles. The molecule has 1 N–H and O–H groups in total. The molecule has 14 heteroatoms. The Labute approximate surface area is 216 Å². The van der Waals surface area contributed by atoms with Crippen LogP contribution in [0.25, 0.3) is 0 Å². The third-order valence-corrected chi connectivity index (χ3v) is 6.38. The summed E-state index contributed by atoms with van der Waals surface area (Å²) in [6.07, 6.45) is 1.73. The van der Waals surface area contributed by atoms with Gasteiger partial charge in [-0.05, 0) is 18.2 Å². The van der Waals surface area contributed by atoms with E-state index in [2.05, 4.69) is 30.2 Å². The normalized spacial score (nSPS) is 12.1. The number of alkyl halides is 3. The van der Waals surface area contributed by atoms with Crippen molar-refractivity contribution in [1.29, 1.82) is 0 Å². The summed E-state index contributed by atoms with van der Waals surface area (Å²) in [5, 5.41) is 2.21. The van der Waals surface area contributed by atoms with E-state index in [1.165, 1.54) is 24.8 Å². The van der Waals surface area contributed by atoms with Gasteiger partial charge < -0.3 is 10.1 Å². The molecule has 4 aromatic heterocycles. The number of nitrogens with one attached hydrogen (secondary N) is 1. The first-order valence-electron chi connectivity index (χ1n) is 10.5. The lowest BCUT2D eigenvalue weighted by Crippen LogP contribution is -2.13. The Hall–Kier alpha value is -3.97. The van der Waals surface area contributed by atoms with Gasteiger partial charge in [0.2, 0.25) is 5.88 Å². The number of hydrogen-bond donors (Lipinski definition) is 1. The summed E-state index contributed by atoms with van der Waals surface area (Å²) in [5.74, 6) is -1.05. The molecule has 4 aromatic rings. The predicted molar refractivity (Wildman–Crippen MR) is 128 cm³/mol. The summed E-state index contributed by atoms with van der Waals surface area (Å²) in [4.78, 5) is 45.3. The van der Waals surface area contributed by atoms with Crippen molar-refractivity contribution in [2.45, 2.75) is 25.4 Å². The molecule has 1 atom stereocenters. The number of pyridine rings is 2. The summed E-state index contributed by atoms with van der Waals surface area (Å²) < 4.78 is 44.7. The highest BCUT2D eigenvalue weighted by molar-refractivity contribution is 7.13. The summed E-state index contributed by atoms with van der Waals surface area (Å²) in [5.41, 5.74) is -0.972. The van der Waals surface area contributed by atoms with Crippen LogP contribution in [0.2, 0.25) is 5.02 Å². The monoisotopic (exact) mass is 548 g/mol. The van der Waals surface area contributed by atoms with Gasteiger partial charge in [0.15, 0.2) is 5.78 Å². The number of anilines is 1. The van der Waals surface area contributed by atoms with Crippen molar-refractivity contribution in [3.8, 4) is 11.6 Å². The van der Waals surface area contributed by atoms with Crippen LogP contribution in [0.15, 0.2) is 55.4 Å². The van der Waals surface area contributed by atoms with E-state index >= 15 is 0 Å². The molecule has 0 saturated heterocycles. The molecular formula is C23H16ClF3N6O3S. The van der Waals surface area contributed by atoms with E-state index in [9.17, 15) is 22.8 Å². The largest absolute Gasteiger partial charge is 0.437 e. The van der Waals surface area contributed by atoms with Gasteiger partial charge in [-0.25, -0.2) is 19.9 Å². The van der Waals surface area contributed by atoms with Gasteiger partial charge in [0.1, 0.15) is 28.5 Å². The number of nitrogens with zero attached hydrogens (tertiary/aromatic N) is 5. The molecule has 0 aromatic carbocycles. The molecule has 0 aliphatic carbocycles. The number of aromatic nitrogens is 5. The molecular weight excluding hydrogens is 533 g/mol. The van der Waals surface area contributed by atoms with E-state index in [4.69, 9.17) is 16.3 Å². The minimum absolute atomic E-state index is 0.0333. The molecule has 4 heterocycles. The average molecular weight is 549 g/mol. The first kappa shape index (κ1) is 26.1. The number of amides is 1. The highest BCUT2D eigenvalue weighted by atomic mass is 35.5. The van der Waals surface area contributed by atoms with Crippen molar-refractivity contribution < 1.29 is 27.5 Å². The Kier molecular flexibility index (Phi) is 7.74. The van der Waals surface area contributed by atoms with Gasteiger partial charge in [-0.1, -0.05) is 18.5 Å². The van der Waals surface area contributed by atoms with Crippen LogP contribution in [0.4, 0.5) is 19.0 Å². The topological polar surface area (TPSA) is 120 Å². The number of carbonyl (C=O) groups is 2. The quantitative estimate of drug-likeness (QED) is 0.274. The Bertz CT molecular complexity index is 1430. The second-order valence-electron chi connectivity index (χ2n) is 7.62. The standard InChI is InChI=1S/C23H16ClF3N6O3S/c1-12(5-17(34)16-7-20(32-11-31-16)36-13-3-2-4-28-8-13)22-30-10-18(37-22)21(35)33-19-6-14(23(25,26)27)15(24)9-29-19/h2-4,6-12H,5H2,1H3,(H,29,33,35)/t12-/m0/s1. The van der Waals surface area contributed by atoms with Crippen LogP contribution < -0.4 is 10.1 Å². The van der Waals surface area contributed by atoms with E-state index in [0.29, 0.717) is 16.8 Å². The molecule has 9 nitrogen and oxygen atoms in total. The van der Waals surface area contributed by atoms with E-state index in [-0.39, 0.29) is 40.4 Å². The Morgan fingerprint density at radius 2 is 1.95 bits per heavy atom. The van der Waals surface area contributed by atoms with Crippen molar-refractivity contribution in [1.82, 2.24) is 24.9 Å². The van der Waals surface area contributed by atoms with Crippen LogP contribution in [0.5, 0.6) is 11.6 Å². The molecule has 0 unspecified atom stereocenters. The number of carbonyl (C=O) groups excluding carboxylic acids is 2. The van der Waals surface area contributed by atoms with Gasteiger partial charge in [0.05, 0.1) is 28.0 Å². The van der Waals surface area contributed by atoms with Crippen molar-refractivity contribution in [3.05, 3.63) is 81.5 Å². The number of Topliss-reactive ketones (excluding diaryl/α,β-unsaturated/α-hetero) is 1. The zero-order valence-corrected chi connectivity index (χ0v) is 20.4. The predicted octanol–water partition coefficient (Wildman–Crippen LogP) is 5.82. The molecule has 1 amide bonds. The summed E-state index contributed by atoms with van der Waals surface area (Å²) in [6.45, 7) is 1.75. The lowest BCUT2D eigenvalue weighted by atomic mass is 10.0. The Balaban J connectivity index is 1.40. The molecule has 190 valence electrons. The second kappa shape index (κ2) is 11.0. The van der Waals surface area contributed by atoms with Crippen molar-refractivity contribution in [2.75, 3.05) is 5.32 Å². The zero-order valence-electron chi connectivity index (χ0n) is 18.9. The third kappa shape index (κ3) is 6.62. The van der Waals surface area contributed by atoms with Crippen LogP contribution in [-0.2, 0) is 6.18 Å². The average Bonchev–Trinajstić information content (AvgIpc) is 3.36. The number of thiazole rings is 1. The highest BCUT2D eigenvalue weighted by Crippen LogP contribution is 2.35. The van der Waals surface area contributed by atoms with Crippen LogP contribution in [-0.4, -0.2) is 36.6 Å². The third-order valence-electron chi connectivity index (χ3n) is 4.85. The van der Waals surface area contributed by atoms with Gasteiger partial charge >= 0.3 is 6.18 Å². The SMILES string of the molecule is C[C@@H](CC(=O)c1cc(Oc2cccnc2)ncn1)c1ncc(C(=O)Nc2cc(C(F)(F)F)c(Cl)cn2)s1. The Morgan fingerprint density at radius 1 is 1.14 bits per heavy atom. The van der Waals surface area contributed by atoms with Crippen molar-refractivity contribution in [2.24, 2.45) is 0 Å². The number of halogens is 4. The fourth-order valence-corrected chi connectivity index (χ4v) is 4.14. The number of rotatable bonds is 8. The van der Waals surface area contributed by atoms with Crippen LogP contribution in [0, 0.1) is 0 Å². The van der Waals surface area contributed by atoms with Gasteiger partial charge in [0, 0.05) is 30.8 Å². The van der Waals surface area contributed by atoms with Gasteiger partial charge in [-0.15, -0.1) is 11.3 Å². The fourth-order valence-electron chi connectivity index (χ4n) is 3.07. The van der Waals surface area contributed by atoms with E-state index in [1.54, 1.807) is 25.3 Å². The molecule has 0 saturated carbocycles. The van der Waals surface area contributed by atoms with Gasteiger partial charge in [-0.2, -0.15) is 13.2 Å². The number of ketones is 1. The van der Waals surface area contributed by atoms with E-state index in [0.717, 1.165) is 17.5 Å². The Morgan fingerprint density at radius 3 is 2.68 bits per heavy atom. The van der Waals surface area contributed by atoms with Crippen LogP contribution in [0.3, 0.4) is 0 Å². The highest BCUT2D eigenvalue weighted by Gasteiger charge is 2.34. The maximum Gasteiger partial charge on any atom is 0.418 e. The summed E-state index contributed by atoms with van der Waals surface area (Å²) >= 11 is 6.56. The molecule has 0 radical (unpaired) electrons. The molecule has 0 spiro atoms. The van der Waals surface area contributed by atoms with Crippen molar-refractivity contribution in [3.63, 3.8) is 0 Å². The van der Waals surface area contributed by atoms with Crippen LogP contribution in [0.1, 0.15) is 50.0 Å². The number of hydrogen-bond acceptors (Lipinski definition) is 9. The maximum atomic E-state index is 13.1. The lowest BCUT2D eigenvalue weighted by molar-refractivity contribution is -0.137. The minimum Gasteiger partial charge on any atom is -0.437 e. The maximum absolute atomic E-state index is 13.1. The summed E-state index contributed by atoms with van der Waals surface area (Å²) in [7, 11) is 0. The minimum atomic E-state index is -4.70. The molecule has 4 rings (SSSR count). The zero-order chi connectivity index (χ0) is 26.6. The second-order valence-corrected chi connectivity index (χ2v) is 9.09. The first-order chi connectivity index (χ1) is 17.6. The van der Waals surface area contributed by atoms with E-state index < -0.39 is 22.7 Å². The van der Waals surface area contributed by atoms with Crippen LogP contribution >= 0.6 is 22.9 Å². The molecule has 37 heavy (non-hydrogen) atoms. The van der Waals surface area contributed by atoms with E-state index in [1.807, 2.05) is 0 Å². The van der Waals surface area contributed by atoms with Gasteiger partial charge in [0.25, 0.3) is 5.91 Å². The number of ether oxygens (including phenoxy) is 1. The summed E-state index contributed by atoms with van der Waals surface area (Å²) in [6, 6.07) is 5.44. The van der Waals surface area contributed by atoms with Gasteiger partial charge in [-0.3, -0.25) is 14.6 Å². The molecule has 0 fully saturated rings. The smallest absolute Gasteiger partial charge is 0.418 e.